The Kier molecular flexibility index (Phi) is 5.18. The third kappa shape index (κ3) is 3.61. The Hall–Kier alpha value is -3.92. The maximum Gasteiger partial charge on any atom is 0.257 e. The lowest BCUT2D eigenvalue weighted by atomic mass is 10.1. The van der Waals surface area contributed by atoms with Gasteiger partial charge in [0, 0.05) is 37.1 Å². The number of anilines is 1. The number of halogens is 2. The van der Waals surface area contributed by atoms with Crippen molar-refractivity contribution >= 4 is 39.7 Å². The van der Waals surface area contributed by atoms with E-state index >= 15 is 0 Å². The molecule has 0 aliphatic carbocycles. The normalized spacial score (nSPS) is 16.4. The number of hydrogen-bond acceptors (Lipinski definition) is 6. The zero-order chi connectivity index (χ0) is 24.1. The summed E-state index contributed by atoms with van der Waals surface area (Å²) in [5, 5.41) is 11.9. The molecule has 1 amide bonds. The number of para-hydroxylation sites is 1. The molecule has 1 aliphatic heterocycles. The maximum absolute atomic E-state index is 14.3. The lowest BCUT2D eigenvalue weighted by Gasteiger charge is -2.40. The summed E-state index contributed by atoms with van der Waals surface area (Å²) in [6.45, 7) is 3.25. The van der Waals surface area contributed by atoms with E-state index in [2.05, 4.69) is 15.1 Å². The van der Waals surface area contributed by atoms with Crippen LogP contribution in [0.2, 0.25) is 0 Å². The van der Waals surface area contributed by atoms with Gasteiger partial charge in [0.05, 0.1) is 16.0 Å². The number of thiophene rings is 1. The summed E-state index contributed by atoms with van der Waals surface area (Å²) < 4.78 is 29.6. The van der Waals surface area contributed by atoms with Crippen molar-refractivity contribution < 1.29 is 13.6 Å². The number of benzene rings is 2. The lowest BCUT2D eigenvalue weighted by Crippen LogP contribution is -2.54. The number of hydrogen-bond donors (Lipinski definition) is 0. The molecule has 1 atom stereocenters. The van der Waals surface area contributed by atoms with Gasteiger partial charge in [-0.25, -0.2) is 18.2 Å². The summed E-state index contributed by atoms with van der Waals surface area (Å²) in [4.78, 5) is 22.7. The number of carbonyl (C=O) groups excluding carboxylic acids is 1. The number of fused-ring (bicyclic) bond motifs is 3. The van der Waals surface area contributed by atoms with E-state index < -0.39 is 17.5 Å². The fourth-order valence-electron chi connectivity index (χ4n) is 4.60. The van der Waals surface area contributed by atoms with Crippen molar-refractivity contribution in [2.75, 3.05) is 24.5 Å². The molecule has 2 aromatic carbocycles. The maximum atomic E-state index is 14.3. The smallest absolute Gasteiger partial charge is 0.257 e. The monoisotopic (exact) mass is 490 g/mol. The number of carbonyl (C=O) groups is 1. The molecule has 5 aromatic rings. The minimum atomic E-state index is -0.854. The van der Waals surface area contributed by atoms with Gasteiger partial charge in [-0.1, -0.05) is 18.2 Å². The molecule has 4 heterocycles. The Morgan fingerprint density at radius 1 is 1.06 bits per heavy atom. The molecule has 0 unspecified atom stereocenters. The highest BCUT2D eigenvalue weighted by Crippen LogP contribution is 2.31. The van der Waals surface area contributed by atoms with E-state index in [0.29, 0.717) is 37.1 Å². The van der Waals surface area contributed by atoms with Crippen molar-refractivity contribution in [2.45, 2.75) is 13.0 Å². The summed E-state index contributed by atoms with van der Waals surface area (Å²) in [5.74, 6) is -0.608. The average molecular weight is 491 g/mol. The van der Waals surface area contributed by atoms with Crippen LogP contribution in [-0.2, 0) is 0 Å². The fourth-order valence-corrected chi connectivity index (χ4v) is 5.30. The van der Waals surface area contributed by atoms with Gasteiger partial charge in [0.1, 0.15) is 11.6 Å². The molecule has 0 radical (unpaired) electrons. The van der Waals surface area contributed by atoms with Crippen molar-refractivity contribution in [2.24, 2.45) is 0 Å². The topological polar surface area (TPSA) is 66.6 Å². The molecule has 35 heavy (non-hydrogen) atoms. The Labute approximate surface area is 203 Å². The molecule has 0 spiro atoms. The highest BCUT2D eigenvalue weighted by molar-refractivity contribution is 7.13. The van der Waals surface area contributed by atoms with Gasteiger partial charge < -0.3 is 9.80 Å². The second kappa shape index (κ2) is 8.38. The van der Waals surface area contributed by atoms with Crippen LogP contribution in [-0.4, -0.2) is 56.1 Å². The van der Waals surface area contributed by atoms with Gasteiger partial charge in [0.25, 0.3) is 5.91 Å². The van der Waals surface area contributed by atoms with Gasteiger partial charge in [-0.2, -0.15) is 0 Å². The number of nitrogens with zero attached hydrogens (tertiary/aromatic N) is 6. The number of rotatable bonds is 3. The fraction of sp³-hybridized carbons (Fsp3) is 0.200. The third-order valence-electron chi connectivity index (χ3n) is 6.30. The second-order valence-electron chi connectivity index (χ2n) is 8.51. The van der Waals surface area contributed by atoms with E-state index in [-0.39, 0.29) is 11.6 Å². The van der Waals surface area contributed by atoms with Gasteiger partial charge in [-0.05, 0) is 42.6 Å². The van der Waals surface area contributed by atoms with Gasteiger partial charge in [-0.3, -0.25) is 4.79 Å². The molecule has 1 saturated heterocycles. The average Bonchev–Trinajstić information content (AvgIpc) is 3.53. The van der Waals surface area contributed by atoms with Crippen LogP contribution in [0.4, 0.5) is 14.7 Å². The molecule has 1 fully saturated rings. The molecule has 176 valence electrons. The second-order valence-corrected chi connectivity index (χ2v) is 9.45. The summed E-state index contributed by atoms with van der Waals surface area (Å²) >= 11 is 1.58. The van der Waals surface area contributed by atoms with Crippen molar-refractivity contribution in [1.29, 1.82) is 0 Å². The highest BCUT2D eigenvalue weighted by atomic mass is 32.1. The Morgan fingerprint density at radius 3 is 2.69 bits per heavy atom. The van der Waals surface area contributed by atoms with Crippen molar-refractivity contribution in [3.63, 3.8) is 0 Å². The van der Waals surface area contributed by atoms with E-state index in [9.17, 15) is 13.6 Å². The van der Waals surface area contributed by atoms with Gasteiger partial charge >= 0.3 is 0 Å². The first-order chi connectivity index (χ1) is 17.0. The van der Waals surface area contributed by atoms with Crippen LogP contribution < -0.4 is 4.90 Å². The van der Waals surface area contributed by atoms with Crippen molar-refractivity contribution in [1.82, 2.24) is 24.5 Å². The SMILES string of the molecule is C[C@@H]1CN(c2nc3ccccc3c3nnc(-c4cccs4)n23)CCN1C(=O)c1ccc(F)cc1F. The molecule has 10 heteroatoms. The van der Waals surface area contributed by atoms with Crippen molar-refractivity contribution in [3.8, 4) is 10.7 Å². The molecule has 6 rings (SSSR count). The Morgan fingerprint density at radius 2 is 1.91 bits per heavy atom. The third-order valence-corrected chi connectivity index (χ3v) is 7.17. The zero-order valence-corrected chi connectivity index (χ0v) is 19.5. The minimum absolute atomic E-state index is 0.128. The molecule has 0 saturated carbocycles. The van der Waals surface area contributed by atoms with Crippen LogP contribution in [0.5, 0.6) is 0 Å². The summed E-state index contributed by atoms with van der Waals surface area (Å²) in [6.07, 6.45) is 0. The number of piperazine rings is 1. The highest BCUT2D eigenvalue weighted by Gasteiger charge is 2.32. The Bertz CT molecular complexity index is 1570. The van der Waals surface area contributed by atoms with Gasteiger partial charge in [0.15, 0.2) is 11.5 Å². The summed E-state index contributed by atoms with van der Waals surface area (Å²) in [6, 6.07) is 14.6. The van der Waals surface area contributed by atoms with E-state index in [1.54, 1.807) is 16.2 Å². The predicted molar refractivity (Wildman–Crippen MR) is 131 cm³/mol. The van der Waals surface area contributed by atoms with Crippen LogP contribution in [0.1, 0.15) is 17.3 Å². The summed E-state index contributed by atoms with van der Waals surface area (Å²) in [5.41, 5.74) is 1.39. The summed E-state index contributed by atoms with van der Waals surface area (Å²) in [7, 11) is 0. The van der Waals surface area contributed by atoms with Crippen LogP contribution in [0, 0.1) is 11.6 Å². The van der Waals surface area contributed by atoms with Gasteiger partial charge in [-0.15, -0.1) is 21.5 Å². The molecule has 3 aromatic heterocycles. The van der Waals surface area contributed by atoms with E-state index in [1.165, 1.54) is 6.07 Å². The van der Waals surface area contributed by atoms with Crippen LogP contribution in [0.25, 0.3) is 27.3 Å². The first kappa shape index (κ1) is 21.6. The number of aromatic nitrogens is 4. The molecular weight excluding hydrogens is 470 g/mol. The Balaban J connectivity index is 1.39. The zero-order valence-electron chi connectivity index (χ0n) is 18.7. The first-order valence-electron chi connectivity index (χ1n) is 11.2. The van der Waals surface area contributed by atoms with E-state index in [0.717, 1.165) is 27.9 Å². The van der Waals surface area contributed by atoms with Crippen LogP contribution >= 0.6 is 11.3 Å². The molecule has 1 aliphatic rings. The van der Waals surface area contributed by atoms with Crippen molar-refractivity contribution in [3.05, 3.63) is 77.2 Å². The number of amides is 1. The van der Waals surface area contributed by atoms with Crippen LogP contribution in [0.15, 0.2) is 60.0 Å². The van der Waals surface area contributed by atoms with Gasteiger partial charge in [0.2, 0.25) is 5.95 Å². The molecule has 0 N–H and O–H groups in total. The standard InChI is InChI=1S/C25H20F2N6OS/c1-15-14-31(10-11-32(15)24(34)17-9-8-16(26)13-19(17)27)25-28-20-6-3-2-5-18(20)22-29-30-23(33(22)25)21-7-4-12-35-21/h2-9,12-13,15H,10-11,14H2,1H3/t15-/m1/s1. The quantitative estimate of drug-likeness (QED) is 0.369. The predicted octanol–water partition coefficient (Wildman–Crippen LogP) is 4.64. The molecular formula is C25H20F2N6OS. The largest absolute Gasteiger partial charge is 0.338 e. The molecule has 7 nitrogen and oxygen atoms in total. The van der Waals surface area contributed by atoms with E-state index in [1.807, 2.05) is 53.1 Å². The van der Waals surface area contributed by atoms with E-state index in [4.69, 9.17) is 4.98 Å². The molecule has 0 bridgehead atoms. The lowest BCUT2D eigenvalue weighted by molar-refractivity contribution is 0.0668. The van der Waals surface area contributed by atoms with Crippen LogP contribution in [0.3, 0.4) is 0 Å². The first-order valence-corrected chi connectivity index (χ1v) is 12.1. The minimum Gasteiger partial charge on any atom is -0.338 e.